The molecule has 3 fully saturated rings. The van der Waals surface area contributed by atoms with Gasteiger partial charge < -0.3 is 30.1 Å². The zero-order chi connectivity index (χ0) is 39.7. The van der Waals surface area contributed by atoms with Crippen molar-refractivity contribution < 1.29 is 19.2 Å². The number of fused-ring (bicyclic) bond motifs is 1. The molecule has 2 saturated heterocycles. The van der Waals surface area contributed by atoms with Gasteiger partial charge in [0.15, 0.2) is 0 Å². The van der Waals surface area contributed by atoms with E-state index < -0.39 is 6.04 Å². The molecule has 1 aromatic heterocycles. The molecule has 1 unspecified atom stereocenters. The van der Waals surface area contributed by atoms with Crippen LogP contribution in [0.25, 0.3) is 6.08 Å². The number of anilines is 3. The summed E-state index contributed by atoms with van der Waals surface area (Å²) in [5, 5.41) is 6.18. The van der Waals surface area contributed by atoms with E-state index in [1.807, 2.05) is 30.3 Å². The molecule has 2 aromatic carbocycles. The van der Waals surface area contributed by atoms with Gasteiger partial charge in [0, 0.05) is 113 Å². The largest absolute Gasteiger partial charge is 0.369 e. The summed E-state index contributed by atoms with van der Waals surface area (Å²) < 4.78 is 2.46. The molecular formula is C43H55N9O4S. The van der Waals surface area contributed by atoms with E-state index in [0.29, 0.717) is 36.6 Å². The Morgan fingerprint density at radius 1 is 1.02 bits per heavy atom. The number of amides is 2. The Kier molecular flexibility index (Phi) is 13.5. The third kappa shape index (κ3) is 10.0. The van der Waals surface area contributed by atoms with Crippen LogP contribution in [0.2, 0.25) is 0 Å². The molecule has 2 amide bonds. The van der Waals surface area contributed by atoms with Gasteiger partial charge in [0.25, 0.3) is 5.91 Å². The highest BCUT2D eigenvalue weighted by molar-refractivity contribution is 7.97. The van der Waals surface area contributed by atoms with Crippen molar-refractivity contribution in [2.45, 2.75) is 87.5 Å². The normalized spacial score (nSPS) is 18.9. The molecule has 0 spiro atoms. The lowest BCUT2D eigenvalue weighted by atomic mass is 10.1. The summed E-state index contributed by atoms with van der Waals surface area (Å²) >= 11 is 1.83. The van der Waals surface area contributed by atoms with E-state index in [1.165, 1.54) is 29.4 Å². The Bertz CT molecular complexity index is 1920. The van der Waals surface area contributed by atoms with Crippen LogP contribution in [0.5, 0.6) is 0 Å². The zero-order valence-corrected chi connectivity index (χ0v) is 34.0. The molecule has 1 saturated carbocycles. The van der Waals surface area contributed by atoms with E-state index in [-0.39, 0.29) is 18.2 Å². The number of aromatic nitrogens is 2. The monoisotopic (exact) mass is 793 g/mol. The van der Waals surface area contributed by atoms with Crippen molar-refractivity contribution in [3.05, 3.63) is 77.0 Å². The Balaban J connectivity index is 0.870. The molecule has 1 aliphatic carbocycles. The Morgan fingerprint density at radius 3 is 2.54 bits per heavy atom. The maximum atomic E-state index is 13.1. The van der Waals surface area contributed by atoms with Crippen molar-refractivity contribution in [1.82, 2.24) is 29.4 Å². The Hall–Kier alpha value is -4.79. The van der Waals surface area contributed by atoms with Crippen LogP contribution >= 0.6 is 11.9 Å². The molecule has 14 heteroatoms. The van der Waals surface area contributed by atoms with E-state index in [0.717, 1.165) is 107 Å². The van der Waals surface area contributed by atoms with Crippen LogP contribution in [0.3, 0.4) is 0 Å². The summed E-state index contributed by atoms with van der Waals surface area (Å²) in [6, 6.07) is 15.0. The van der Waals surface area contributed by atoms with Gasteiger partial charge in [-0.2, -0.15) is 4.98 Å². The predicted molar refractivity (Wildman–Crippen MR) is 225 cm³/mol. The maximum absolute atomic E-state index is 13.1. The summed E-state index contributed by atoms with van der Waals surface area (Å²) in [4.78, 5) is 67.3. The number of hydrogen-bond donors (Lipinski definition) is 2. The number of piperazine rings is 1. The molecule has 4 aliphatic rings. The molecule has 3 aliphatic heterocycles. The molecular weight excluding hydrogens is 739 g/mol. The van der Waals surface area contributed by atoms with Gasteiger partial charge in [-0.3, -0.25) is 19.3 Å². The van der Waals surface area contributed by atoms with E-state index in [9.17, 15) is 19.2 Å². The number of benzene rings is 2. The molecule has 2 N–H and O–H groups in total. The quantitative estimate of drug-likeness (QED) is 0.115. The van der Waals surface area contributed by atoms with Crippen LogP contribution in [0.15, 0.2) is 59.6 Å². The van der Waals surface area contributed by atoms with Gasteiger partial charge in [0.2, 0.25) is 11.9 Å². The zero-order valence-electron chi connectivity index (χ0n) is 33.1. The van der Waals surface area contributed by atoms with Gasteiger partial charge in [0.05, 0.1) is 6.04 Å². The first-order chi connectivity index (χ1) is 27.8. The van der Waals surface area contributed by atoms with Crippen molar-refractivity contribution in [3.8, 4) is 0 Å². The molecule has 13 nitrogen and oxygen atoms in total. The highest BCUT2D eigenvalue weighted by Crippen LogP contribution is 2.32. The topological polar surface area (TPSA) is 134 Å². The fraction of sp³-hybridized carbons (Fsp3) is 0.488. The SMILES string of the molecule is CNC(=O)CCC(C=O)N1Cc2cc(N3CCN(Cc4cccc(SN5CCC(Nc6ncc(/C=C\C=O)c(N(C)C7CCCC7)n6)CC5)c4)CC3)ccc2C1=O. The van der Waals surface area contributed by atoms with Crippen molar-refractivity contribution in [2.75, 3.05) is 68.5 Å². The van der Waals surface area contributed by atoms with Gasteiger partial charge in [-0.05, 0) is 97.7 Å². The summed E-state index contributed by atoms with van der Waals surface area (Å²) in [6.07, 6.45) is 14.0. The fourth-order valence-corrected chi connectivity index (χ4v) is 9.54. The standard InChI is InChI=1S/C43H55N9O4S/c1-44-40(55)15-13-37(30-54)52-29-33-26-36(12-14-39(33)42(52)56)50-22-20-49(21-23-50)28-31-7-5-11-38(25-31)57-51-18-16-34(17-19-51)46-43-45-27-32(8-6-24-53)41(47-43)48(2)35-9-3-4-10-35/h5-8,11-12,14,24-27,30,34-35,37H,3-4,9-10,13,15-23,28-29H2,1-2H3,(H,44,55)(H,45,46,47)/b8-6-. The Labute approximate surface area is 340 Å². The lowest BCUT2D eigenvalue weighted by molar-refractivity contribution is -0.121. The molecule has 57 heavy (non-hydrogen) atoms. The molecule has 302 valence electrons. The Morgan fingerprint density at radius 2 is 1.81 bits per heavy atom. The van der Waals surface area contributed by atoms with E-state index >= 15 is 0 Å². The van der Waals surface area contributed by atoms with Crippen molar-refractivity contribution in [2.24, 2.45) is 0 Å². The first-order valence-corrected chi connectivity index (χ1v) is 21.2. The van der Waals surface area contributed by atoms with Gasteiger partial charge in [0.1, 0.15) is 18.4 Å². The molecule has 0 bridgehead atoms. The van der Waals surface area contributed by atoms with Crippen LogP contribution in [0.4, 0.5) is 17.5 Å². The second-order valence-corrected chi connectivity index (χ2v) is 16.7. The van der Waals surface area contributed by atoms with Crippen molar-refractivity contribution >= 4 is 59.9 Å². The summed E-state index contributed by atoms with van der Waals surface area (Å²) in [5.41, 5.74) is 4.84. The second kappa shape index (κ2) is 19.1. The minimum Gasteiger partial charge on any atom is -0.369 e. The van der Waals surface area contributed by atoms with E-state index in [1.54, 1.807) is 18.0 Å². The minimum absolute atomic E-state index is 0.141. The lowest BCUT2D eigenvalue weighted by Gasteiger charge is -2.36. The number of nitrogens with one attached hydrogen (secondary N) is 2. The van der Waals surface area contributed by atoms with E-state index in [2.05, 4.69) is 72.0 Å². The van der Waals surface area contributed by atoms with Gasteiger partial charge >= 0.3 is 0 Å². The highest BCUT2D eigenvalue weighted by atomic mass is 32.2. The van der Waals surface area contributed by atoms with Crippen LogP contribution in [0.1, 0.15) is 78.4 Å². The fourth-order valence-electron chi connectivity index (χ4n) is 8.50. The molecule has 3 aromatic rings. The number of allylic oxidation sites excluding steroid dienone is 1. The number of aldehydes is 2. The second-order valence-electron chi connectivity index (χ2n) is 15.6. The first-order valence-electron chi connectivity index (χ1n) is 20.4. The van der Waals surface area contributed by atoms with Gasteiger partial charge in [-0.25, -0.2) is 9.29 Å². The number of rotatable bonds is 16. The summed E-state index contributed by atoms with van der Waals surface area (Å²) in [5.74, 6) is 1.24. The summed E-state index contributed by atoms with van der Waals surface area (Å²) in [7, 11) is 3.68. The number of nitrogens with zero attached hydrogens (tertiary/aromatic N) is 7. The number of piperidine rings is 1. The molecule has 7 rings (SSSR count). The predicted octanol–water partition coefficient (Wildman–Crippen LogP) is 5.02. The number of carbonyl (C=O) groups is 4. The van der Waals surface area contributed by atoms with Crippen LogP contribution < -0.4 is 20.4 Å². The molecule has 1 atom stereocenters. The van der Waals surface area contributed by atoms with Crippen molar-refractivity contribution in [1.29, 1.82) is 0 Å². The maximum Gasteiger partial charge on any atom is 0.255 e. The minimum atomic E-state index is -0.618. The van der Waals surface area contributed by atoms with Crippen LogP contribution in [0, 0.1) is 0 Å². The van der Waals surface area contributed by atoms with E-state index in [4.69, 9.17) is 4.98 Å². The molecule has 0 radical (unpaired) electrons. The number of hydrogen-bond acceptors (Lipinski definition) is 12. The third-order valence-electron chi connectivity index (χ3n) is 11.8. The average Bonchev–Trinajstić information content (AvgIpc) is 3.90. The lowest BCUT2D eigenvalue weighted by Crippen LogP contribution is -2.46. The number of carbonyl (C=O) groups excluding carboxylic acids is 4. The third-order valence-corrected chi connectivity index (χ3v) is 12.9. The van der Waals surface area contributed by atoms with Gasteiger partial charge in [-0.1, -0.05) is 25.0 Å². The van der Waals surface area contributed by atoms with Gasteiger partial charge in [-0.15, -0.1) is 0 Å². The molecule has 4 heterocycles. The highest BCUT2D eigenvalue weighted by Gasteiger charge is 2.33. The first kappa shape index (κ1) is 40.4. The van der Waals surface area contributed by atoms with Crippen LogP contribution in [-0.4, -0.2) is 120 Å². The smallest absolute Gasteiger partial charge is 0.255 e. The van der Waals surface area contributed by atoms with Crippen molar-refractivity contribution in [3.63, 3.8) is 0 Å². The average molecular weight is 794 g/mol. The van der Waals surface area contributed by atoms with Crippen LogP contribution in [-0.2, 0) is 27.5 Å². The summed E-state index contributed by atoms with van der Waals surface area (Å²) in [6.45, 7) is 6.87.